The van der Waals surface area contributed by atoms with Gasteiger partial charge in [-0.05, 0) is 44.8 Å². The lowest BCUT2D eigenvalue weighted by molar-refractivity contribution is -0.193. The van der Waals surface area contributed by atoms with Crippen molar-refractivity contribution in [1.29, 1.82) is 0 Å². The molecule has 1 saturated heterocycles. The Hall–Kier alpha value is -5.39. The standard InChI is InChI=1S/C21H31N7O6.2C2HF3O2.H2O/c1-26(2)12-13-27(3)21(33)34-25-18(22)14-4-6-15(7-5-14)28-11-9-16(19(28)31)24-20(32)23-10-8-17(29)30;2*3-2(4,5)1(6)7;/h4-7,16H,8-13H2,1-3H3,(H2,22,25)(H,29,30)(H2,23,24,32);2*(H,6,7);1H2/t16-;;;/m0.../s1. The molecule has 49 heavy (non-hydrogen) atoms. The zero-order valence-corrected chi connectivity index (χ0v) is 26.0. The topological polar surface area (TPSA) is 276 Å². The number of oxime groups is 1. The molecule has 278 valence electrons. The van der Waals surface area contributed by atoms with Crippen LogP contribution in [0.15, 0.2) is 29.4 Å². The minimum atomic E-state index is -5.08. The molecule has 1 fully saturated rings. The molecule has 0 radical (unpaired) electrons. The molecule has 1 heterocycles. The number of amidine groups is 1. The van der Waals surface area contributed by atoms with Crippen LogP contribution in [0.1, 0.15) is 18.4 Å². The lowest BCUT2D eigenvalue weighted by Gasteiger charge is -2.18. The first-order valence-electron chi connectivity index (χ1n) is 13.2. The van der Waals surface area contributed by atoms with Crippen molar-refractivity contribution in [2.75, 3.05) is 52.2 Å². The number of rotatable bonds is 10. The van der Waals surface area contributed by atoms with Gasteiger partial charge in [0.25, 0.3) is 0 Å². The summed E-state index contributed by atoms with van der Waals surface area (Å²) in [4.78, 5) is 74.5. The van der Waals surface area contributed by atoms with Crippen LogP contribution >= 0.6 is 0 Å². The second kappa shape index (κ2) is 20.8. The van der Waals surface area contributed by atoms with Gasteiger partial charge in [-0.3, -0.25) is 14.4 Å². The Morgan fingerprint density at radius 2 is 1.45 bits per heavy atom. The number of halogens is 6. The van der Waals surface area contributed by atoms with Crippen molar-refractivity contribution in [3.63, 3.8) is 0 Å². The maximum atomic E-state index is 12.7. The number of alkyl halides is 6. The van der Waals surface area contributed by atoms with E-state index in [-0.39, 0.29) is 30.2 Å². The molecule has 1 aliphatic heterocycles. The van der Waals surface area contributed by atoms with E-state index >= 15 is 0 Å². The van der Waals surface area contributed by atoms with Crippen molar-refractivity contribution in [3.8, 4) is 0 Å². The summed E-state index contributed by atoms with van der Waals surface area (Å²) in [5, 5.41) is 31.5. The number of aliphatic carboxylic acids is 3. The van der Waals surface area contributed by atoms with Crippen molar-refractivity contribution in [2.45, 2.75) is 31.2 Å². The Bertz CT molecular complexity index is 1290. The van der Waals surface area contributed by atoms with Crippen LogP contribution in [0.5, 0.6) is 0 Å². The fourth-order valence-electron chi connectivity index (χ4n) is 3.03. The maximum absolute atomic E-state index is 12.7. The van der Waals surface area contributed by atoms with Crippen molar-refractivity contribution >= 4 is 47.5 Å². The molecule has 1 aromatic rings. The van der Waals surface area contributed by atoms with Gasteiger partial charge < -0.3 is 51.9 Å². The van der Waals surface area contributed by atoms with Crippen LogP contribution in [-0.4, -0.2) is 138 Å². The van der Waals surface area contributed by atoms with Gasteiger partial charge in [0.1, 0.15) is 6.04 Å². The van der Waals surface area contributed by atoms with Crippen molar-refractivity contribution in [1.82, 2.24) is 20.4 Å². The van der Waals surface area contributed by atoms with Crippen LogP contribution in [-0.2, 0) is 24.0 Å². The third-order valence-corrected chi connectivity index (χ3v) is 5.51. The first kappa shape index (κ1) is 45.7. The van der Waals surface area contributed by atoms with Gasteiger partial charge in [-0.2, -0.15) is 26.3 Å². The number of carboxylic acid groups (broad SMARTS) is 3. The average molecular weight is 724 g/mol. The van der Waals surface area contributed by atoms with E-state index in [1.165, 1.54) is 9.80 Å². The Morgan fingerprint density at radius 3 is 1.88 bits per heavy atom. The second-order valence-electron chi connectivity index (χ2n) is 9.59. The highest BCUT2D eigenvalue weighted by Crippen LogP contribution is 2.22. The number of nitrogens with two attached hydrogens (primary N) is 1. The Labute approximate surface area is 273 Å². The number of nitrogens with one attached hydrogen (secondary N) is 2. The molecule has 0 spiro atoms. The predicted molar refractivity (Wildman–Crippen MR) is 155 cm³/mol. The zero-order chi connectivity index (χ0) is 37.4. The SMILES string of the molecule is CN(C)CCN(C)C(=O)O/N=C(\N)c1ccc(N2CC[C@H](NC(=O)NCCC(=O)O)C2=O)cc1.O.O=C(O)C(F)(F)F.O=C(O)C(F)(F)F. The fourth-order valence-corrected chi connectivity index (χ4v) is 3.03. The zero-order valence-electron chi connectivity index (χ0n) is 26.0. The number of amides is 4. The molecule has 18 nitrogen and oxygen atoms in total. The van der Waals surface area contributed by atoms with Gasteiger partial charge in [0.2, 0.25) is 5.91 Å². The van der Waals surface area contributed by atoms with Gasteiger partial charge in [-0.25, -0.2) is 19.2 Å². The first-order chi connectivity index (χ1) is 22.0. The van der Waals surface area contributed by atoms with Gasteiger partial charge in [-0.1, -0.05) is 5.16 Å². The molecule has 1 atom stereocenters. The molecule has 9 N–H and O–H groups in total. The van der Waals surface area contributed by atoms with Crippen molar-refractivity contribution < 1.29 is 80.7 Å². The third kappa shape index (κ3) is 18.5. The Balaban J connectivity index is 0. The van der Waals surface area contributed by atoms with E-state index in [0.717, 1.165) is 0 Å². The normalized spacial score (nSPS) is 14.2. The number of likely N-dealkylation sites (N-methyl/N-ethyl adjacent to an activating group) is 2. The quantitative estimate of drug-likeness (QED) is 0.0624. The molecule has 0 bridgehead atoms. The highest BCUT2D eigenvalue weighted by molar-refractivity contribution is 6.02. The van der Waals surface area contributed by atoms with E-state index in [9.17, 15) is 45.5 Å². The van der Waals surface area contributed by atoms with E-state index in [2.05, 4.69) is 15.8 Å². The summed E-state index contributed by atoms with van der Waals surface area (Å²) < 4.78 is 63.5. The monoisotopic (exact) mass is 723 g/mol. The number of carbonyl (C=O) groups excluding carboxylic acids is 3. The largest absolute Gasteiger partial charge is 0.490 e. The average Bonchev–Trinajstić information content (AvgIpc) is 3.33. The molecule has 0 unspecified atom stereocenters. The van der Waals surface area contributed by atoms with Gasteiger partial charge in [0, 0.05) is 44.5 Å². The Kier molecular flexibility index (Phi) is 19.4. The molecule has 0 aliphatic carbocycles. The summed E-state index contributed by atoms with van der Waals surface area (Å²) in [6.45, 7) is 1.52. The third-order valence-electron chi connectivity index (χ3n) is 5.51. The molecular weight excluding hydrogens is 688 g/mol. The first-order valence-corrected chi connectivity index (χ1v) is 13.2. The summed E-state index contributed by atoms with van der Waals surface area (Å²) in [5.74, 6) is -6.81. The molecule has 2 rings (SSSR count). The lowest BCUT2D eigenvalue weighted by Crippen LogP contribution is -2.46. The van der Waals surface area contributed by atoms with Gasteiger partial charge in [0.15, 0.2) is 5.84 Å². The number of nitrogens with zero attached hydrogens (tertiary/aromatic N) is 4. The smallest absolute Gasteiger partial charge is 0.481 e. The van der Waals surface area contributed by atoms with E-state index in [1.54, 1.807) is 31.3 Å². The predicted octanol–water partition coefficient (Wildman–Crippen LogP) is 0.258. The van der Waals surface area contributed by atoms with Crippen LogP contribution in [0.4, 0.5) is 41.6 Å². The summed E-state index contributed by atoms with van der Waals surface area (Å²) in [6.07, 6.45) is -10.6. The van der Waals surface area contributed by atoms with Crippen molar-refractivity contribution in [3.05, 3.63) is 29.8 Å². The summed E-state index contributed by atoms with van der Waals surface area (Å²) in [7, 11) is 5.39. The number of hydrogen-bond acceptors (Lipinski definition) is 9. The van der Waals surface area contributed by atoms with E-state index in [4.69, 9.17) is 35.5 Å². The van der Waals surface area contributed by atoms with Gasteiger partial charge in [0.05, 0.1) is 6.42 Å². The number of benzene rings is 1. The van der Waals surface area contributed by atoms with Crippen LogP contribution in [0.2, 0.25) is 0 Å². The molecule has 0 saturated carbocycles. The Morgan fingerprint density at radius 1 is 0.959 bits per heavy atom. The van der Waals surface area contributed by atoms with Crippen LogP contribution < -0.4 is 21.3 Å². The summed E-state index contributed by atoms with van der Waals surface area (Å²) in [5.41, 5.74) is 7.02. The highest BCUT2D eigenvalue weighted by atomic mass is 19.4. The molecule has 4 amide bonds. The van der Waals surface area contributed by atoms with E-state index in [1.807, 2.05) is 19.0 Å². The molecule has 0 aromatic heterocycles. The highest BCUT2D eigenvalue weighted by Gasteiger charge is 2.39. The number of anilines is 1. The van der Waals surface area contributed by atoms with Gasteiger partial charge in [-0.15, -0.1) is 0 Å². The number of carbonyl (C=O) groups is 6. The molecule has 24 heteroatoms. The minimum absolute atomic E-state index is 0. The summed E-state index contributed by atoms with van der Waals surface area (Å²) >= 11 is 0. The number of carboxylic acids is 3. The number of hydrogen-bond donors (Lipinski definition) is 6. The molecule has 1 aliphatic rings. The van der Waals surface area contributed by atoms with E-state index in [0.29, 0.717) is 37.3 Å². The molecular formula is C25H35F6N7O11. The van der Waals surface area contributed by atoms with Crippen LogP contribution in [0.3, 0.4) is 0 Å². The fraction of sp³-hybridized carbons (Fsp3) is 0.480. The second-order valence-corrected chi connectivity index (χ2v) is 9.59. The summed E-state index contributed by atoms with van der Waals surface area (Å²) in [6, 6.07) is 5.34. The number of urea groups is 1. The minimum Gasteiger partial charge on any atom is -0.481 e. The van der Waals surface area contributed by atoms with Gasteiger partial charge >= 0.3 is 42.4 Å². The van der Waals surface area contributed by atoms with Crippen LogP contribution in [0, 0.1) is 0 Å². The van der Waals surface area contributed by atoms with Crippen molar-refractivity contribution in [2.24, 2.45) is 10.9 Å². The maximum Gasteiger partial charge on any atom is 0.490 e. The van der Waals surface area contributed by atoms with Crippen LogP contribution in [0.25, 0.3) is 0 Å². The van der Waals surface area contributed by atoms with E-state index < -0.39 is 48.4 Å². The lowest BCUT2D eigenvalue weighted by atomic mass is 10.2. The molecule has 1 aromatic carbocycles.